The summed E-state index contributed by atoms with van der Waals surface area (Å²) in [5, 5.41) is 0. The molecule has 0 N–H and O–H groups in total. The first-order valence-corrected chi connectivity index (χ1v) is 18.2. The minimum Gasteiger partial charge on any atom is -0.289 e. The topological polar surface area (TPSA) is 135 Å². The van der Waals surface area contributed by atoms with E-state index in [0.29, 0.717) is 51.9 Å². The average Bonchev–Trinajstić information content (AvgIpc) is 3.11. The fourth-order valence-electron chi connectivity index (χ4n) is 6.86. The van der Waals surface area contributed by atoms with E-state index in [4.69, 9.17) is 0 Å². The van der Waals surface area contributed by atoms with E-state index in [1.54, 1.807) is 24.8 Å². The van der Waals surface area contributed by atoms with Crippen LogP contribution >= 0.6 is 0 Å². The molecule has 0 bridgehead atoms. The third kappa shape index (κ3) is 5.38. The van der Waals surface area contributed by atoms with Gasteiger partial charge in [0.05, 0.1) is 9.79 Å². The number of rotatable bonds is 6. The van der Waals surface area contributed by atoms with Crippen molar-refractivity contribution in [2.75, 3.05) is 26.2 Å². The van der Waals surface area contributed by atoms with Crippen molar-refractivity contribution in [3.05, 3.63) is 119 Å². The minimum absolute atomic E-state index is 0.000891. The van der Waals surface area contributed by atoms with Gasteiger partial charge >= 0.3 is 0 Å². The van der Waals surface area contributed by atoms with Gasteiger partial charge in [-0.25, -0.2) is 16.8 Å². The number of fused-ring (bicyclic) bond motifs is 2. The summed E-state index contributed by atoms with van der Waals surface area (Å²) in [5.41, 5.74) is 2.37. The predicted octanol–water partition coefficient (Wildman–Crippen LogP) is 4.39. The van der Waals surface area contributed by atoms with Gasteiger partial charge in [-0.3, -0.25) is 19.6 Å². The number of sulfonamides is 2. The van der Waals surface area contributed by atoms with Gasteiger partial charge < -0.3 is 0 Å². The molecule has 12 heteroatoms. The maximum absolute atomic E-state index is 13.6. The van der Waals surface area contributed by atoms with Crippen molar-refractivity contribution < 1.29 is 26.4 Å². The highest BCUT2D eigenvalue weighted by Crippen LogP contribution is 2.35. The summed E-state index contributed by atoms with van der Waals surface area (Å²) < 4.78 is 57.3. The third-order valence-corrected chi connectivity index (χ3v) is 13.3. The van der Waals surface area contributed by atoms with E-state index in [-0.39, 0.29) is 43.9 Å². The molecule has 2 aliphatic heterocycles. The first-order valence-electron chi connectivity index (χ1n) is 15.3. The number of nitrogens with zero attached hydrogens (tertiary/aromatic N) is 4. The number of hydrogen-bond donors (Lipinski definition) is 0. The van der Waals surface area contributed by atoms with Gasteiger partial charge in [-0.05, 0) is 109 Å². The van der Waals surface area contributed by atoms with Crippen LogP contribution in [0, 0.1) is 0 Å². The molecule has 0 amide bonds. The van der Waals surface area contributed by atoms with Crippen LogP contribution in [0.25, 0.3) is 0 Å². The van der Waals surface area contributed by atoms with Gasteiger partial charge in [0, 0.05) is 73.2 Å². The minimum atomic E-state index is -3.91. The first-order chi connectivity index (χ1) is 22.1. The SMILES string of the molecule is O=C1c2ccc(S(=O)(=O)N3CCC(c4ccncc4)CC3)cc2C(=O)c2ccc(S(=O)(=O)N3CCC(c4ccncc4)CC3)cc21. The summed E-state index contributed by atoms with van der Waals surface area (Å²) in [5.74, 6) is -0.553. The number of benzene rings is 2. The molecule has 0 radical (unpaired) electrons. The fourth-order valence-corrected chi connectivity index (χ4v) is 9.85. The summed E-state index contributed by atoms with van der Waals surface area (Å²) in [6, 6.07) is 15.8. The number of piperidine rings is 2. The van der Waals surface area contributed by atoms with Gasteiger partial charge in [0.15, 0.2) is 11.6 Å². The molecule has 0 unspecified atom stereocenters. The molecule has 1 aliphatic carbocycles. The Hall–Kier alpha value is -4.10. The predicted molar refractivity (Wildman–Crippen MR) is 170 cm³/mol. The number of carbonyl (C=O) groups excluding carboxylic acids is 2. The Kier molecular flexibility index (Phi) is 7.92. The highest BCUT2D eigenvalue weighted by atomic mass is 32.2. The van der Waals surface area contributed by atoms with Crippen LogP contribution in [0.1, 0.15) is 80.5 Å². The largest absolute Gasteiger partial charge is 0.289 e. The summed E-state index contributed by atoms with van der Waals surface area (Å²) in [4.78, 5) is 35.2. The summed E-state index contributed by atoms with van der Waals surface area (Å²) >= 11 is 0. The highest BCUT2D eigenvalue weighted by molar-refractivity contribution is 7.89. The van der Waals surface area contributed by atoms with Crippen molar-refractivity contribution in [2.24, 2.45) is 0 Å². The fraction of sp³-hybridized carbons (Fsp3) is 0.294. The average molecular weight is 657 g/mol. The van der Waals surface area contributed by atoms with Crippen LogP contribution in [0.3, 0.4) is 0 Å². The molecule has 0 spiro atoms. The number of aromatic nitrogens is 2. The molecule has 2 aromatic carbocycles. The summed E-state index contributed by atoms with van der Waals surface area (Å²) in [6.07, 6.45) is 9.57. The second-order valence-corrected chi connectivity index (χ2v) is 15.9. The zero-order valence-corrected chi connectivity index (χ0v) is 26.6. The van der Waals surface area contributed by atoms with Crippen molar-refractivity contribution in [1.29, 1.82) is 0 Å². The van der Waals surface area contributed by atoms with Crippen LogP contribution in [0.2, 0.25) is 0 Å². The standard InChI is InChI=1S/C34H32N4O6S2/c39-33-29-3-1-27(45(41,42)37-17-9-25(10-18-37)23-5-13-35-14-6-23)21-31(29)34(40)30-4-2-28(22-32(30)33)46(43,44)38-19-11-26(12-20-38)24-7-15-36-16-8-24/h1-8,13-16,21-22,25-26H,9-12,17-20H2. The van der Waals surface area contributed by atoms with Crippen LogP contribution < -0.4 is 0 Å². The van der Waals surface area contributed by atoms with Crippen molar-refractivity contribution in [1.82, 2.24) is 18.6 Å². The smallest absolute Gasteiger partial charge is 0.243 e. The Balaban J connectivity index is 1.09. The Labute approximate surface area is 268 Å². The van der Waals surface area contributed by atoms with Gasteiger partial charge in [0.1, 0.15) is 0 Å². The van der Waals surface area contributed by atoms with Gasteiger partial charge in [-0.2, -0.15) is 8.61 Å². The molecule has 3 aliphatic rings. The molecule has 7 rings (SSSR count). The van der Waals surface area contributed by atoms with E-state index in [1.165, 1.54) is 45.0 Å². The van der Waals surface area contributed by atoms with E-state index in [1.807, 2.05) is 24.3 Å². The third-order valence-electron chi connectivity index (χ3n) is 9.50. The molecule has 0 saturated carbocycles. The van der Waals surface area contributed by atoms with E-state index in [0.717, 1.165) is 11.1 Å². The Bertz CT molecular complexity index is 1890. The molecule has 4 heterocycles. The Morgan fingerprint density at radius 2 is 0.848 bits per heavy atom. The van der Waals surface area contributed by atoms with E-state index in [2.05, 4.69) is 9.97 Å². The van der Waals surface area contributed by atoms with Gasteiger partial charge in [-0.1, -0.05) is 0 Å². The zero-order chi connectivity index (χ0) is 32.1. The molecular formula is C34H32N4O6S2. The highest BCUT2D eigenvalue weighted by Gasteiger charge is 2.36. The molecule has 0 atom stereocenters. The zero-order valence-electron chi connectivity index (χ0n) is 24.9. The lowest BCUT2D eigenvalue weighted by atomic mass is 9.84. The first kappa shape index (κ1) is 30.5. The molecule has 2 fully saturated rings. The molecule has 236 valence electrons. The normalized spacial score (nSPS) is 18.7. The lowest BCUT2D eigenvalue weighted by molar-refractivity contribution is 0.0978. The van der Waals surface area contributed by atoms with Crippen molar-refractivity contribution >= 4 is 31.6 Å². The molecule has 2 saturated heterocycles. The second-order valence-electron chi connectivity index (χ2n) is 12.0. The van der Waals surface area contributed by atoms with Gasteiger partial charge in [-0.15, -0.1) is 0 Å². The van der Waals surface area contributed by atoms with Crippen molar-refractivity contribution in [3.63, 3.8) is 0 Å². The van der Waals surface area contributed by atoms with E-state index < -0.39 is 31.6 Å². The summed E-state index contributed by atoms with van der Waals surface area (Å²) in [7, 11) is -7.82. The van der Waals surface area contributed by atoms with Crippen molar-refractivity contribution in [3.8, 4) is 0 Å². The van der Waals surface area contributed by atoms with Crippen LogP contribution in [0.5, 0.6) is 0 Å². The second kappa shape index (κ2) is 11.9. The van der Waals surface area contributed by atoms with Crippen LogP contribution in [0.15, 0.2) is 95.2 Å². The van der Waals surface area contributed by atoms with Gasteiger partial charge in [0.25, 0.3) is 0 Å². The summed E-state index contributed by atoms with van der Waals surface area (Å²) in [6.45, 7) is 1.34. The number of pyridine rings is 2. The maximum atomic E-state index is 13.6. The number of hydrogen-bond acceptors (Lipinski definition) is 8. The number of ketones is 2. The molecule has 46 heavy (non-hydrogen) atoms. The molecule has 4 aromatic rings. The lowest BCUT2D eigenvalue weighted by Gasteiger charge is -2.32. The maximum Gasteiger partial charge on any atom is 0.243 e. The Morgan fingerprint density at radius 3 is 1.20 bits per heavy atom. The monoisotopic (exact) mass is 656 g/mol. The van der Waals surface area contributed by atoms with E-state index >= 15 is 0 Å². The van der Waals surface area contributed by atoms with E-state index in [9.17, 15) is 26.4 Å². The molecule has 2 aromatic heterocycles. The Morgan fingerprint density at radius 1 is 0.500 bits per heavy atom. The van der Waals surface area contributed by atoms with Crippen LogP contribution in [-0.4, -0.2) is 73.2 Å². The quantitative estimate of drug-likeness (QED) is 0.263. The van der Waals surface area contributed by atoms with Crippen molar-refractivity contribution in [2.45, 2.75) is 47.3 Å². The van der Waals surface area contributed by atoms with Crippen LogP contribution in [-0.2, 0) is 20.0 Å². The lowest BCUT2D eigenvalue weighted by Crippen LogP contribution is -2.38. The van der Waals surface area contributed by atoms with Gasteiger partial charge in [0.2, 0.25) is 20.0 Å². The number of carbonyl (C=O) groups is 2. The van der Waals surface area contributed by atoms with Crippen LogP contribution in [0.4, 0.5) is 0 Å². The molecule has 10 nitrogen and oxygen atoms in total. The molecular weight excluding hydrogens is 625 g/mol.